The van der Waals surface area contributed by atoms with E-state index in [1.807, 2.05) is 33.6 Å². The predicted octanol–water partition coefficient (Wildman–Crippen LogP) is 1.98. The van der Waals surface area contributed by atoms with Gasteiger partial charge in [-0.1, -0.05) is 5.21 Å². The second-order valence-electron chi connectivity index (χ2n) is 5.91. The van der Waals surface area contributed by atoms with Gasteiger partial charge in [-0.05, 0) is 23.6 Å². The van der Waals surface area contributed by atoms with Crippen LogP contribution in [-0.2, 0) is 17.9 Å². The Morgan fingerprint density at radius 3 is 3.20 bits per heavy atom. The minimum Gasteiger partial charge on any atom is -0.375 e. The Morgan fingerprint density at radius 1 is 1.44 bits per heavy atom. The molecule has 128 valence electrons. The second-order valence-corrected chi connectivity index (χ2v) is 6.69. The molecule has 25 heavy (non-hydrogen) atoms. The van der Waals surface area contributed by atoms with Crippen molar-refractivity contribution < 1.29 is 9.53 Å². The molecule has 0 saturated carbocycles. The summed E-state index contributed by atoms with van der Waals surface area (Å²) in [5.41, 5.74) is 3.37. The van der Waals surface area contributed by atoms with E-state index in [-0.39, 0.29) is 11.8 Å². The van der Waals surface area contributed by atoms with Crippen LogP contribution in [0.25, 0.3) is 11.3 Å². The molecule has 7 nitrogen and oxygen atoms in total. The molecule has 0 radical (unpaired) electrons. The fourth-order valence-corrected chi connectivity index (χ4v) is 3.46. The van der Waals surface area contributed by atoms with Crippen LogP contribution < -0.4 is 5.32 Å². The summed E-state index contributed by atoms with van der Waals surface area (Å²) in [6, 6.07) is 5.65. The maximum atomic E-state index is 12.1. The van der Waals surface area contributed by atoms with Crippen molar-refractivity contribution in [2.45, 2.75) is 13.2 Å². The van der Waals surface area contributed by atoms with Gasteiger partial charge in [-0.25, -0.2) is 4.68 Å². The Morgan fingerprint density at radius 2 is 2.40 bits per heavy atom. The Labute approximate surface area is 148 Å². The van der Waals surface area contributed by atoms with Crippen molar-refractivity contribution in [2.75, 3.05) is 13.2 Å². The number of aromatic nitrogens is 4. The van der Waals surface area contributed by atoms with E-state index < -0.39 is 0 Å². The first kappa shape index (κ1) is 15.9. The molecule has 0 saturated heterocycles. The fraction of sp³-hybridized carbons (Fsp3) is 0.294. The van der Waals surface area contributed by atoms with Crippen LogP contribution in [0.3, 0.4) is 0 Å². The Balaban J connectivity index is 1.45. The molecule has 1 aliphatic rings. The summed E-state index contributed by atoms with van der Waals surface area (Å²) in [5.74, 6) is 0.0904. The average molecular weight is 355 g/mol. The van der Waals surface area contributed by atoms with Crippen molar-refractivity contribution in [1.82, 2.24) is 25.3 Å². The zero-order valence-electron chi connectivity index (χ0n) is 13.5. The number of nitrogens with zero attached hydrogens (tertiary/aromatic N) is 4. The molecule has 1 aliphatic heterocycles. The normalized spacial score (nSPS) is 16.9. The van der Waals surface area contributed by atoms with Gasteiger partial charge in [-0.15, -0.1) is 5.10 Å². The van der Waals surface area contributed by atoms with Crippen molar-refractivity contribution in [3.05, 3.63) is 52.6 Å². The predicted molar refractivity (Wildman–Crippen MR) is 93.1 cm³/mol. The summed E-state index contributed by atoms with van der Waals surface area (Å²) in [6.07, 6.45) is 3.50. The first-order valence-corrected chi connectivity index (χ1v) is 8.96. The maximum Gasteiger partial charge on any atom is 0.252 e. The highest BCUT2D eigenvalue weighted by molar-refractivity contribution is 7.08. The quantitative estimate of drug-likeness (QED) is 0.774. The zero-order chi connectivity index (χ0) is 17.1. The number of nitrogens with one attached hydrogen (secondary N) is 1. The topological polar surface area (TPSA) is 81.9 Å². The fourth-order valence-electron chi connectivity index (χ4n) is 2.83. The van der Waals surface area contributed by atoms with Crippen molar-refractivity contribution >= 4 is 17.2 Å². The van der Waals surface area contributed by atoms with E-state index in [4.69, 9.17) is 4.74 Å². The Kier molecular flexibility index (Phi) is 4.53. The van der Waals surface area contributed by atoms with Crippen LogP contribution >= 0.6 is 11.3 Å². The van der Waals surface area contributed by atoms with Crippen LogP contribution in [0.2, 0.25) is 0 Å². The molecule has 0 fully saturated rings. The monoisotopic (exact) mass is 355 g/mol. The lowest BCUT2D eigenvalue weighted by atomic mass is 10.1. The molecule has 0 bridgehead atoms. The lowest BCUT2D eigenvalue weighted by Gasteiger charge is -2.14. The highest BCUT2D eigenvalue weighted by Crippen LogP contribution is 2.23. The summed E-state index contributed by atoms with van der Waals surface area (Å²) in [7, 11) is 0. The number of rotatable bonds is 4. The first-order valence-electron chi connectivity index (χ1n) is 8.02. The Bertz CT molecular complexity index is 847. The highest BCUT2D eigenvalue weighted by Gasteiger charge is 2.23. The summed E-state index contributed by atoms with van der Waals surface area (Å²) in [5, 5.41) is 15.3. The number of fused-ring (bicyclic) bond motifs is 1. The molecule has 0 unspecified atom stereocenters. The number of hydrogen-bond acceptors (Lipinski definition) is 6. The largest absolute Gasteiger partial charge is 0.375 e. The van der Waals surface area contributed by atoms with Gasteiger partial charge in [0.2, 0.25) is 0 Å². The minimum absolute atomic E-state index is 0.0552. The number of amides is 1. The van der Waals surface area contributed by atoms with Crippen LogP contribution in [0.4, 0.5) is 0 Å². The third-order valence-corrected chi connectivity index (χ3v) is 4.81. The Hall–Kier alpha value is -2.58. The summed E-state index contributed by atoms with van der Waals surface area (Å²) < 4.78 is 7.68. The summed E-state index contributed by atoms with van der Waals surface area (Å²) in [4.78, 5) is 16.2. The van der Waals surface area contributed by atoms with Crippen LogP contribution in [0, 0.1) is 5.92 Å². The molecule has 8 heteroatoms. The van der Waals surface area contributed by atoms with Gasteiger partial charge in [0.1, 0.15) is 5.69 Å². The number of pyridine rings is 1. The SMILES string of the molecule is O=C(NC[C@H]1COCc2c(-c3cccnc3)nnn2C1)c1ccsc1. The average Bonchev–Trinajstić information content (AvgIpc) is 3.27. The zero-order valence-corrected chi connectivity index (χ0v) is 14.3. The smallest absolute Gasteiger partial charge is 0.252 e. The van der Waals surface area contributed by atoms with E-state index in [1.54, 1.807) is 12.4 Å². The van der Waals surface area contributed by atoms with E-state index in [2.05, 4.69) is 20.6 Å². The second kappa shape index (κ2) is 7.12. The van der Waals surface area contributed by atoms with E-state index in [9.17, 15) is 4.79 Å². The third-order valence-electron chi connectivity index (χ3n) is 4.13. The number of thiophene rings is 1. The van der Waals surface area contributed by atoms with Crippen LogP contribution in [0.15, 0.2) is 41.4 Å². The van der Waals surface area contributed by atoms with Crippen molar-refractivity contribution in [2.24, 2.45) is 5.92 Å². The van der Waals surface area contributed by atoms with Gasteiger partial charge in [-0.2, -0.15) is 11.3 Å². The standard InChI is InChI=1S/C17H17N5O2S/c23-17(14-3-5-25-11-14)19-6-12-8-22-15(10-24-9-12)16(20-21-22)13-2-1-4-18-7-13/h1-5,7,11-12H,6,8-10H2,(H,19,23)/t12-/m1/s1. The first-order chi connectivity index (χ1) is 12.3. The highest BCUT2D eigenvalue weighted by atomic mass is 32.1. The van der Waals surface area contributed by atoms with Gasteiger partial charge < -0.3 is 10.1 Å². The third kappa shape index (κ3) is 3.45. The lowest BCUT2D eigenvalue weighted by Crippen LogP contribution is -2.32. The van der Waals surface area contributed by atoms with Crippen LogP contribution in [-0.4, -0.2) is 39.0 Å². The summed E-state index contributed by atoms with van der Waals surface area (Å²) in [6.45, 7) is 2.22. The van der Waals surface area contributed by atoms with Gasteiger partial charge in [0, 0.05) is 47.9 Å². The van der Waals surface area contributed by atoms with Crippen molar-refractivity contribution in [3.63, 3.8) is 0 Å². The maximum absolute atomic E-state index is 12.1. The molecule has 1 N–H and O–H groups in total. The number of carbonyl (C=O) groups excluding carboxylic acids is 1. The van der Waals surface area contributed by atoms with Crippen LogP contribution in [0.1, 0.15) is 16.1 Å². The van der Waals surface area contributed by atoms with E-state index in [0.717, 1.165) is 17.0 Å². The minimum atomic E-state index is -0.0552. The van der Waals surface area contributed by atoms with E-state index in [0.29, 0.717) is 31.9 Å². The molecule has 0 aliphatic carbocycles. The molecule has 4 rings (SSSR count). The number of ether oxygens (including phenoxy) is 1. The van der Waals surface area contributed by atoms with Gasteiger partial charge in [0.25, 0.3) is 5.91 Å². The molecule has 3 aromatic rings. The van der Waals surface area contributed by atoms with Gasteiger partial charge in [0.05, 0.1) is 18.9 Å². The van der Waals surface area contributed by atoms with Gasteiger partial charge in [0.15, 0.2) is 0 Å². The molecule has 0 spiro atoms. The lowest BCUT2D eigenvalue weighted by molar-refractivity contribution is 0.0852. The molecular formula is C17H17N5O2S. The van der Waals surface area contributed by atoms with Crippen LogP contribution in [0.5, 0.6) is 0 Å². The van der Waals surface area contributed by atoms with Gasteiger partial charge in [-0.3, -0.25) is 9.78 Å². The van der Waals surface area contributed by atoms with E-state index >= 15 is 0 Å². The molecule has 4 heterocycles. The summed E-state index contributed by atoms with van der Waals surface area (Å²) >= 11 is 1.51. The molecule has 1 amide bonds. The van der Waals surface area contributed by atoms with Crippen molar-refractivity contribution in [1.29, 1.82) is 0 Å². The molecule has 3 aromatic heterocycles. The number of carbonyl (C=O) groups is 1. The molecular weight excluding hydrogens is 338 g/mol. The molecule has 1 atom stereocenters. The van der Waals surface area contributed by atoms with Gasteiger partial charge >= 0.3 is 0 Å². The van der Waals surface area contributed by atoms with Crippen molar-refractivity contribution in [3.8, 4) is 11.3 Å². The van der Waals surface area contributed by atoms with E-state index in [1.165, 1.54) is 11.3 Å². The molecule has 0 aromatic carbocycles. The number of hydrogen-bond donors (Lipinski definition) is 1.